The highest BCUT2D eigenvalue weighted by Crippen LogP contribution is 2.46. The van der Waals surface area contributed by atoms with Crippen LogP contribution in [0.5, 0.6) is 0 Å². The second kappa shape index (κ2) is 9.82. The monoisotopic (exact) mass is 475 g/mol. The van der Waals surface area contributed by atoms with Crippen molar-refractivity contribution in [3.8, 4) is 0 Å². The van der Waals surface area contributed by atoms with Gasteiger partial charge in [-0.15, -0.1) is 0 Å². The Morgan fingerprint density at radius 1 is 0.909 bits per heavy atom. The predicted molar refractivity (Wildman–Crippen MR) is 109 cm³/mol. The van der Waals surface area contributed by atoms with Gasteiger partial charge in [-0.1, -0.05) is 0 Å². The maximum absolute atomic E-state index is 13.0. The number of esters is 3. The van der Waals surface area contributed by atoms with Crippen molar-refractivity contribution in [3.63, 3.8) is 0 Å². The average molecular weight is 475 g/mol. The van der Waals surface area contributed by atoms with Crippen molar-refractivity contribution in [3.05, 3.63) is 0 Å². The molecule has 2 heterocycles. The van der Waals surface area contributed by atoms with E-state index in [1.165, 1.54) is 20.8 Å². The lowest BCUT2D eigenvalue weighted by Crippen LogP contribution is -2.71. The van der Waals surface area contributed by atoms with Crippen LogP contribution in [-0.4, -0.2) is 84.1 Å². The van der Waals surface area contributed by atoms with Gasteiger partial charge in [0.2, 0.25) is 0 Å². The first-order valence-electron chi connectivity index (χ1n) is 10.5. The predicted octanol–water partition coefficient (Wildman–Crippen LogP) is 1.49. The number of carbonyl (C=O) groups excluding carboxylic acids is 4. The van der Waals surface area contributed by atoms with E-state index in [2.05, 4.69) is 0 Å². The fourth-order valence-corrected chi connectivity index (χ4v) is 3.65. The van der Waals surface area contributed by atoms with Crippen LogP contribution < -0.4 is 0 Å². The van der Waals surface area contributed by atoms with Gasteiger partial charge >= 0.3 is 24.0 Å². The zero-order valence-corrected chi connectivity index (χ0v) is 20.3. The van der Waals surface area contributed by atoms with Gasteiger partial charge < -0.3 is 28.4 Å². The molecule has 0 radical (unpaired) electrons. The van der Waals surface area contributed by atoms with Crippen molar-refractivity contribution in [2.45, 2.75) is 90.6 Å². The van der Waals surface area contributed by atoms with Gasteiger partial charge in [-0.3, -0.25) is 19.2 Å². The number of amides is 1. The minimum atomic E-state index is -1.49. The Morgan fingerprint density at radius 3 is 1.97 bits per heavy atom. The molecule has 12 nitrogen and oxygen atoms in total. The van der Waals surface area contributed by atoms with Gasteiger partial charge in [-0.05, 0) is 34.6 Å². The summed E-state index contributed by atoms with van der Waals surface area (Å²) in [4.78, 5) is 53.7. The second-order valence-electron chi connectivity index (χ2n) is 9.35. The van der Waals surface area contributed by atoms with Crippen LogP contribution in [0.25, 0.3) is 0 Å². The normalized spacial score (nSPS) is 28.5. The zero-order chi connectivity index (χ0) is 25.2. The van der Waals surface area contributed by atoms with Crippen molar-refractivity contribution in [2.75, 3.05) is 19.8 Å². The molecule has 1 unspecified atom stereocenters. The second-order valence-corrected chi connectivity index (χ2v) is 9.35. The molecule has 33 heavy (non-hydrogen) atoms. The third-order valence-corrected chi connectivity index (χ3v) is 4.73. The van der Waals surface area contributed by atoms with E-state index in [0.717, 1.165) is 5.06 Å². The molecule has 0 aliphatic carbocycles. The third kappa shape index (κ3) is 6.78. The van der Waals surface area contributed by atoms with Crippen LogP contribution in [0, 0.1) is 0 Å². The summed E-state index contributed by atoms with van der Waals surface area (Å²) in [5.41, 5.74) is -2.36. The summed E-state index contributed by atoms with van der Waals surface area (Å²) in [6.45, 7) is 10.9. The first-order valence-corrected chi connectivity index (χ1v) is 10.5. The van der Waals surface area contributed by atoms with Crippen molar-refractivity contribution >= 4 is 24.0 Å². The molecule has 0 spiro atoms. The Morgan fingerprint density at radius 2 is 1.45 bits per heavy atom. The largest absolute Gasteiger partial charge is 0.463 e. The van der Waals surface area contributed by atoms with Gasteiger partial charge in [0.25, 0.3) is 0 Å². The quantitative estimate of drug-likeness (QED) is 0.408. The van der Waals surface area contributed by atoms with Crippen LogP contribution in [0.15, 0.2) is 0 Å². The first-order chi connectivity index (χ1) is 15.1. The molecular formula is C21H33NO11. The summed E-state index contributed by atoms with van der Waals surface area (Å²) in [7, 11) is 0. The van der Waals surface area contributed by atoms with Crippen LogP contribution in [0.4, 0.5) is 4.79 Å². The summed E-state index contributed by atoms with van der Waals surface area (Å²) in [6, 6.07) is -1.03. The molecule has 2 rings (SSSR count). The molecule has 0 bridgehead atoms. The van der Waals surface area contributed by atoms with Crippen LogP contribution in [0.2, 0.25) is 0 Å². The highest BCUT2D eigenvalue weighted by Gasteiger charge is 2.67. The number of carbonyl (C=O) groups is 4. The molecule has 0 N–H and O–H groups in total. The minimum Gasteiger partial charge on any atom is -0.463 e. The molecule has 12 heteroatoms. The summed E-state index contributed by atoms with van der Waals surface area (Å²) >= 11 is 0. The molecular weight excluding hydrogens is 442 g/mol. The van der Waals surface area contributed by atoms with Gasteiger partial charge in [-0.2, -0.15) is 5.06 Å². The molecule has 0 saturated carbocycles. The maximum atomic E-state index is 13.0. The van der Waals surface area contributed by atoms with Gasteiger partial charge in [0.1, 0.15) is 37.6 Å². The number of hydroxylamine groups is 2. The van der Waals surface area contributed by atoms with Gasteiger partial charge in [0.05, 0.1) is 0 Å². The Balaban J connectivity index is 2.54. The SMILES string of the molecule is CC(=O)OCC1[C@H]2OC(C)(C)O[C@@]2(COC(C)=O)[C@@H](COC(C)=O)ON1C(=O)OC(C)(C)C. The van der Waals surface area contributed by atoms with Crippen LogP contribution in [0.3, 0.4) is 0 Å². The third-order valence-electron chi connectivity index (χ3n) is 4.73. The van der Waals surface area contributed by atoms with Crippen molar-refractivity contribution in [2.24, 2.45) is 0 Å². The molecule has 4 atom stereocenters. The van der Waals surface area contributed by atoms with Crippen molar-refractivity contribution in [1.82, 2.24) is 5.06 Å². The molecule has 188 valence electrons. The van der Waals surface area contributed by atoms with E-state index in [0.29, 0.717) is 0 Å². The first kappa shape index (κ1) is 26.8. The Kier molecular flexibility index (Phi) is 7.98. The van der Waals surface area contributed by atoms with Crippen LogP contribution >= 0.6 is 0 Å². The van der Waals surface area contributed by atoms with E-state index in [1.54, 1.807) is 34.6 Å². The minimum absolute atomic E-state index is 0.319. The van der Waals surface area contributed by atoms with E-state index in [9.17, 15) is 19.2 Å². The van der Waals surface area contributed by atoms with Gasteiger partial charge in [-0.25, -0.2) is 4.79 Å². The van der Waals surface area contributed by atoms with Crippen LogP contribution in [-0.2, 0) is 47.6 Å². The molecule has 2 aliphatic rings. The summed E-state index contributed by atoms with van der Waals surface area (Å²) in [6.07, 6.45) is -3.01. The van der Waals surface area contributed by atoms with E-state index in [-0.39, 0.29) is 19.8 Å². The average Bonchev–Trinajstić information content (AvgIpc) is 2.92. The van der Waals surface area contributed by atoms with Crippen molar-refractivity contribution in [1.29, 1.82) is 0 Å². The lowest BCUT2D eigenvalue weighted by molar-refractivity contribution is -0.317. The molecule has 2 aliphatic heterocycles. The molecule has 0 aromatic heterocycles. The highest BCUT2D eigenvalue weighted by atomic mass is 16.8. The number of hydrogen-bond acceptors (Lipinski definition) is 11. The fourth-order valence-electron chi connectivity index (χ4n) is 3.65. The molecule has 0 aromatic rings. The molecule has 1 amide bonds. The lowest BCUT2D eigenvalue weighted by atomic mass is 9.85. The zero-order valence-electron chi connectivity index (χ0n) is 20.3. The Hall–Kier alpha value is -2.44. The Bertz CT molecular complexity index is 775. The number of ether oxygens (including phenoxy) is 6. The number of nitrogens with zero attached hydrogens (tertiary/aromatic N) is 1. The van der Waals surface area contributed by atoms with E-state index in [4.69, 9.17) is 33.3 Å². The lowest BCUT2D eigenvalue weighted by Gasteiger charge is -2.49. The fraction of sp³-hybridized carbons (Fsp3) is 0.810. The van der Waals surface area contributed by atoms with Gasteiger partial charge in [0.15, 0.2) is 17.5 Å². The topological polar surface area (TPSA) is 136 Å². The molecule has 2 saturated heterocycles. The van der Waals surface area contributed by atoms with E-state index < -0.39 is 59.2 Å². The summed E-state index contributed by atoms with van der Waals surface area (Å²) in [5, 5.41) is 0.893. The number of rotatable bonds is 6. The summed E-state index contributed by atoms with van der Waals surface area (Å²) < 4.78 is 33.3. The summed E-state index contributed by atoms with van der Waals surface area (Å²) in [5.74, 6) is -2.98. The number of hydrogen-bond donors (Lipinski definition) is 0. The van der Waals surface area contributed by atoms with E-state index in [1.807, 2.05) is 0 Å². The van der Waals surface area contributed by atoms with E-state index >= 15 is 0 Å². The smallest absolute Gasteiger partial charge is 0.434 e. The molecule has 2 fully saturated rings. The Labute approximate surface area is 192 Å². The van der Waals surface area contributed by atoms with Crippen molar-refractivity contribution < 1.29 is 52.4 Å². The standard InChI is InChI=1S/C21H33NO11/c1-12(23)27-9-15-17-21(11-29-14(3)25,33-20(7,8)30-17)16(10-28-13(2)24)32-22(15)18(26)31-19(4,5)6/h15-17H,9-11H2,1-8H3/t15?,16-,17-,21+/m1/s1. The van der Waals surface area contributed by atoms with Gasteiger partial charge in [0, 0.05) is 20.8 Å². The highest BCUT2D eigenvalue weighted by molar-refractivity contribution is 5.69. The molecule has 0 aromatic carbocycles. The maximum Gasteiger partial charge on any atom is 0.434 e. The number of fused-ring (bicyclic) bond motifs is 1. The van der Waals surface area contributed by atoms with Crippen LogP contribution in [0.1, 0.15) is 55.4 Å².